The van der Waals surface area contributed by atoms with Crippen LogP contribution in [0, 0.1) is 12.7 Å². The number of rotatable bonds is 4. The van der Waals surface area contributed by atoms with Crippen molar-refractivity contribution in [2.24, 2.45) is 0 Å². The molecule has 0 spiro atoms. The van der Waals surface area contributed by atoms with Gasteiger partial charge in [-0.1, -0.05) is 5.16 Å². The molecule has 0 unspecified atom stereocenters. The zero-order valence-corrected chi connectivity index (χ0v) is 14.0. The van der Waals surface area contributed by atoms with Crippen molar-refractivity contribution >= 4 is 5.97 Å². The van der Waals surface area contributed by atoms with Gasteiger partial charge in [-0.3, -0.25) is 0 Å². The summed E-state index contributed by atoms with van der Waals surface area (Å²) in [6, 6.07) is 9.14. The fourth-order valence-electron chi connectivity index (χ4n) is 2.55. The zero-order valence-electron chi connectivity index (χ0n) is 14.0. The smallest absolute Gasteiger partial charge is 0.339 e. The van der Waals surface area contributed by atoms with Gasteiger partial charge in [-0.2, -0.15) is 10.1 Å². The third-order valence-electron chi connectivity index (χ3n) is 3.98. The molecule has 1 N–H and O–H groups in total. The highest BCUT2D eigenvalue weighted by Crippen LogP contribution is 2.23. The summed E-state index contributed by atoms with van der Waals surface area (Å²) in [5.74, 6) is -0.335. The van der Waals surface area contributed by atoms with E-state index in [4.69, 9.17) is 9.63 Å². The fourth-order valence-corrected chi connectivity index (χ4v) is 2.55. The van der Waals surface area contributed by atoms with Crippen molar-refractivity contribution in [3.8, 4) is 28.7 Å². The molecular formula is C18H12FN5O3. The maximum Gasteiger partial charge on any atom is 0.339 e. The molecule has 0 aliphatic rings. The summed E-state index contributed by atoms with van der Waals surface area (Å²) in [4.78, 5) is 19.7. The first kappa shape index (κ1) is 16.6. The van der Waals surface area contributed by atoms with E-state index in [9.17, 15) is 9.18 Å². The van der Waals surface area contributed by atoms with Crippen LogP contribution < -0.4 is 0 Å². The summed E-state index contributed by atoms with van der Waals surface area (Å²) in [5.41, 5.74) is 1.80. The number of carboxylic acid groups (broad SMARTS) is 1. The van der Waals surface area contributed by atoms with Gasteiger partial charge >= 0.3 is 5.97 Å². The lowest BCUT2D eigenvalue weighted by atomic mass is 10.2. The average molecular weight is 365 g/mol. The van der Waals surface area contributed by atoms with Crippen molar-refractivity contribution in [3.63, 3.8) is 0 Å². The van der Waals surface area contributed by atoms with Gasteiger partial charge in [-0.05, 0) is 43.3 Å². The molecule has 0 atom stereocenters. The average Bonchev–Trinajstić information content (AvgIpc) is 3.30. The summed E-state index contributed by atoms with van der Waals surface area (Å²) in [7, 11) is 0. The highest BCUT2D eigenvalue weighted by Gasteiger charge is 2.15. The topological polar surface area (TPSA) is 107 Å². The molecule has 4 rings (SSSR count). The fraction of sp³-hybridized carbons (Fsp3) is 0.0556. The summed E-state index contributed by atoms with van der Waals surface area (Å²) in [5, 5.41) is 17.1. The second kappa shape index (κ2) is 6.45. The molecule has 9 heteroatoms. The first-order chi connectivity index (χ1) is 13.0. The molecule has 8 nitrogen and oxygen atoms in total. The van der Waals surface area contributed by atoms with E-state index in [1.807, 2.05) is 0 Å². The second-order valence-electron chi connectivity index (χ2n) is 5.70. The number of pyridine rings is 1. The Kier molecular flexibility index (Phi) is 3.96. The number of halogens is 1. The summed E-state index contributed by atoms with van der Waals surface area (Å²) in [6.45, 7) is 1.65. The molecule has 0 bridgehead atoms. The third-order valence-corrected chi connectivity index (χ3v) is 3.98. The van der Waals surface area contributed by atoms with E-state index in [0.29, 0.717) is 28.5 Å². The minimum Gasteiger partial charge on any atom is -0.478 e. The Morgan fingerprint density at radius 1 is 1.11 bits per heavy atom. The maximum absolute atomic E-state index is 13.0. The maximum atomic E-state index is 13.0. The van der Waals surface area contributed by atoms with Crippen molar-refractivity contribution in [3.05, 3.63) is 65.9 Å². The van der Waals surface area contributed by atoms with Crippen LogP contribution in [-0.4, -0.2) is 36.0 Å². The predicted octanol–water partition coefficient (Wildman–Crippen LogP) is 3.13. The number of carbonyl (C=O) groups is 1. The molecule has 1 aromatic carbocycles. The van der Waals surface area contributed by atoms with E-state index < -0.39 is 5.97 Å². The lowest BCUT2D eigenvalue weighted by Crippen LogP contribution is -2.04. The standard InChI is InChI=1S/C18H12FN5O3/c1-10-14(18(25)26)9-21-24(10)15-7-4-12(8-20-15)17-22-16(23-27-17)11-2-5-13(19)6-3-11/h2-9H,1H3,(H,25,26). The Morgan fingerprint density at radius 3 is 2.48 bits per heavy atom. The molecule has 0 aliphatic carbocycles. The van der Waals surface area contributed by atoms with Crippen LogP contribution in [0.2, 0.25) is 0 Å². The number of benzene rings is 1. The van der Waals surface area contributed by atoms with Crippen LogP contribution >= 0.6 is 0 Å². The minimum absolute atomic E-state index is 0.113. The van der Waals surface area contributed by atoms with Crippen LogP contribution in [0.25, 0.3) is 28.7 Å². The molecule has 27 heavy (non-hydrogen) atoms. The van der Waals surface area contributed by atoms with Crippen molar-refractivity contribution in [1.29, 1.82) is 0 Å². The van der Waals surface area contributed by atoms with Crippen LogP contribution in [0.5, 0.6) is 0 Å². The van der Waals surface area contributed by atoms with Gasteiger partial charge in [0.05, 0.1) is 17.5 Å². The largest absolute Gasteiger partial charge is 0.478 e. The molecule has 3 aromatic heterocycles. The Morgan fingerprint density at radius 2 is 1.85 bits per heavy atom. The molecule has 3 heterocycles. The Hall–Kier alpha value is -3.88. The van der Waals surface area contributed by atoms with E-state index in [1.54, 1.807) is 31.2 Å². The first-order valence-corrected chi connectivity index (χ1v) is 7.87. The SMILES string of the molecule is Cc1c(C(=O)O)cnn1-c1ccc(-c2nc(-c3ccc(F)cc3)no2)cn1. The van der Waals surface area contributed by atoms with Gasteiger partial charge in [-0.25, -0.2) is 18.9 Å². The predicted molar refractivity (Wildman–Crippen MR) is 91.7 cm³/mol. The van der Waals surface area contributed by atoms with E-state index in [1.165, 1.54) is 29.2 Å². The molecule has 0 saturated heterocycles. The van der Waals surface area contributed by atoms with Gasteiger partial charge in [0.25, 0.3) is 5.89 Å². The van der Waals surface area contributed by atoms with E-state index in [0.717, 1.165) is 0 Å². The zero-order chi connectivity index (χ0) is 19.0. The first-order valence-electron chi connectivity index (χ1n) is 7.87. The van der Waals surface area contributed by atoms with Crippen LogP contribution in [0.15, 0.2) is 53.3 Å². The van der Waals surface area contributed by atoms with E-state index in [-0.39, 0.29) is 17.3 Å². The monoisotopic (exact) mass is 365 g/mol. The van der Waals surface area contributed by atoms with Crippen LogP contribution in [-0.2, 0) is 0 Å². The molecule has 0 amide bonds. The van der Waals surface area contributed by atoms with Gasteiger partial charge in [0, 0.05) is 11.8 Å². The normalized spacial score (nSPS) is 10.9. The van der Waals surface area contributed by atoms with Crippen LogP contribution in [0.4, 0.5) is 4.39 Å². The van der Waals surface area contributed by atoms with Crippen LogP contribution in [0.1, 0.15) is 16.1 Å². The van der Waals surface area contributed by atoms with Gasteiger partial charge in [0.2, 0.25) is 5.82 Å². The minimum atomic E-state index is -1.05. The van der Waals surface area contributed by atoms with Gasteiger partial charge in [0.15, 0.2) is 5.82 Å². The van der Waals surface area contributed by atoms with Crippen LogP contribution in [0.3, 0.4) is 0 Å². The molecule has 0 aliphatic heterocycles. The number of carboxylic acids is 1. The molecule has 134 valence electrons. The summed E-state index contributed by atoms with van der Waals surface area (Å²) < 4.78 is 19.7. The molecule has 0 radical (unpaired) electrons. The van der Waals surface area contributed by atoms with Gasteiger partial charge in [0.1, 0.15) is 11.4 Å². The third kappa shape index (κ3) is 3.06. The van der Waals surface area contributed by atoms with Crippen molar-refractivity contribution in [1.82, 2.24) is 24.9 Å². The highest BCUT2D eigenvalue weighted by molar-refractivity contribution is 5.88. The highest BCUT2D eigenvalue weighted by atomic mass is 19.1. The number of nitrogens with zero attached hydrogens (tertiary/aromatic N) is 5. The quantitative estimate of drug-likeness (QED) is 0.592. The Balaban J connectivity index is 1.61. The molecule has 4 aromatic rings. The lowest BCUT2D eigenvalue weighted by Gasteiger charge is -2.03. The second-order valence-corrected chi connectivity index (χ2v) is 5.70. The van der Waals surface area contributed by atoms with Crippen molar-refractivity contribution in [2.45, 2.75) is 6.92 Å². The number of aromatic nitrogens is 5. The number of hydrogen-bond donors (Lipinski definition) is 1. The summed E-state index contributed by atoms with van der Waals surface area (Å²) in [6.07, 6.45) is 2.80. The number of aromatic carboxylic acids is 1. The van der Waals surface area contributed by atoms with Gasteiger partial charge < -0.3 is 9.63 Å². The van der Waals surface area contributed by atoms with E-state index in [2.05, 4.69) is 20.2 Å². The Bertz CT molecular complexity index is 1120. The molecule has 0 fully saturated rings. The summed E-state index contributed by atoms with van der Waals surface area (Å²) >= 11 is 0. The Labute approximate surface area is 151 Å². The van der Waals surface area contributed by atoms with Gasteiger partial charge in [-0.15, -0.1) is 0 Å². The lowest BCUT2D eigenvalue weighted by molar-refractivity contribution is 0.0696. The molecule has 0 saturated carbocycles. The van der Waals surface area contributed by atoms with Crippen molar-refractivity contribution in [2.75, 3.05) is 0 Å². The number of hydrogen-bond acceptors (Lipinski definition) is 6. The van der Waals surface area contributed by atoms with Crippen molar-refractivity contribution < 1.29 is 18.8 Å². The van der Waals surface area contributed by atoms with E-state index >= 15 is 0 Å². The molecular weight excluding hydrogens is 353 g/mol.